The second-order valence-corrected chi connectivity index (χ2v) is 5.46. The summed E-state index contributed by atoms with van der Waals surface area (Å²) < 4.78 is 0. The molecule has 0 aliphatic carbocycles. The van der Waals surface area contributed by atoms with E-state index >= 15 is 0 Å². The molecule has 1 aromatic rings. The lowest BCUT2D eigenvalue weighted by molar-refractivity contribution is 0.234. The van der Waals surface area contributed by atoms with Gasteiger partial charge in [-0.05, 0) is 33.0 Å². The highest BCUT2D eigenvalue weighted by Crippen LogP contribution is 2.22. The fraction of sp³-hybridized carbons (Fsp3) is 0.667. The molecule has 2 rings (SSSR count). The summed E-state index contributed by atoms with van der Waals surface area (Å²) in [6.07, 6.45) is 5.07. The van der Waals surface area contributed by atoms with E-state index in [2.05, 4.69) is 47.1 Å². The van der Waals surface area contributed by atoms with Gasteiger partial charge in [-0.1, -0.05) is 6.92 Å². The average Bonchev–Trinajstić information content (AvgIpc) is 2.43. The molecule has 0 bridgehead atoms. The van der Waals surface area contributed by atoms with Gasteiger partial charge in [0.2, 0.25) is 0 Å². The summed E-state index contributed by atoms with van der Waals surface area (Å²) in [4.78, 5) is 9.19. The topological polar surface area (TPSA) is 31.4 Å². The molecule has 0 amide bonds. The summed E-state index contributed by atoms with van der Waals surface area (Å²) in [6.45, 7) is 9.80. The molecule has 0 spiro atoms. The molecule has 4 heteroatoms. The maximum atomic E-state index is 4.28. The predicted molar refractivity (Wildman–Crippen MR) is 80.5 cm³/mol. The van der Waals surface area contributed by atoms with E-state index in [9.17, 15) is 0 Å². The van der Waals surface area contributed by atoms with Crippen molar-refractivity contribution in [1.82, 2.24) is 15.2 Å². The first-order valence-corrected chi connectivity index (χ1v) is 7.31. The third-order valence-electron chi connectivity index (χ3n) is 3.92. The van der Waals surface area contributed by atoms with Crippen LogP contribution in [0.2, 0.25) is 0 Å². The number of pyridine rings is 1. The molecular formula is C15H26N4. The van der Waals surface area contributed by atoms with Crippen molar-refractivity contribution in [3.05, 3.63) is 24.0 Å². The predicted octanol–water partition coefficient (Wildman–Crippen LogP) is 1.72. The second kappa shape index (κ2) is 6.87. The Balaban J connectivity index is 2.06. The van der Waals surface area contributed by atoms with Gasteiger partial charge in [-0.25, -0.2) is 0 Å². The molecule has 4 nitrogen and oxygen atoms in total. The Morgan fingerprint density at radius 2 is 2.26 bits per heavy atom. The van der Waals surface area contributed by atoms with Gasteiger partial charge >= 0.3 is 0 Å². The fourth-order valence-electron chi connectivity index (χ4n) is 2.53. The highest BCUT2D eigenvalue weighted by Gasteiger charge is 2.22. The molecule has 0 saturated carbocycles. The van der Waals surface area contributed by atoms with Crippen LogP contribution >= 0.6 is 0 Å². The Hall–Kier alpha value is -1.13. The molecule has 0 radical (unpaired) electrons. The van der Waals surface area contributed by atoms with Crippen LogP contribution in [-0.4, -0.2) is 49.2 Å². The molecule has 1 atom stereocenters. The van der Waals surface area contributed by atoms with Gasteiger partial charge in [-0.15, -0.1) is 0 Å². The molecule has 1 aromatic heterocycles. The minimum atomic E-state index is 0.610. The molecule has 1 saturated heterocycles. The summed E-state index contributed by atoms with van der Waals surface area (Å²) >= 11 is 0. The first-order valence-electron chi connectivity index (χ1n) is 7.31. The summed E-state index contributed by atoms with van der Waals surface area (Å²) in [6, 6.07) is 2.76. The van der Waals surface area contributed by atoms with Gasteiger partial charge in [0.25, 0.3) is 0 Å². The van der Waals surface area contributed by atoms with Crippen LogP contribution in [0.4, 0.5) is 5.69 Å². The quantitative estimate of drug-likeness (QED) is 0.819. The smallest absolute Gasteiger partial charge is 0.0443 e. The number of likely N-dealkylation sites (N-methyl/N-ethyl adjacent to an activating group) is 1. The van der Waals surface area contributed by atoms with E-state index in [0.29, 0.717) is 6.04 Å². The lowest BCUT2D eigenvalue weighted by Gasteiger charge is -2.39. The van der Waals surface area contributed by atoms with Crippen LogP contribution in [0.5, 0.6) is 0 Å². The monoisotopic (exact) mass is 262 g/mol. The summed E-state index contributed by atoms with van der Waals surface area (Å²) in [5, 5.41) is 3.47. The Bertz CT molecular complexity index is 393. The number of nitrogens with zero attached hydrogens (tertiary/aromatic N) is 3. The van der Waals surface area contributed by atoms with Crippen LogP contribution in [0, 0.1) is 0 Å². The molecule has 1 aliphatic rings. The molecule has 1 aliphatic heterocycles. The molecule has 0 aromatic carbocycles. The van der Waals surface area contributed by atoms with E-state index in [1.807, 2.05) is 12.4 Å². The zero-order chi connectivity index (χ0) is 13.7. The number of piperazine rings is 1. The molecule has 1 unspecified atom stereocenters. The second-order valence-electron chi connectivity index (χ2n) is 5.46. The van der Waals surface area contributed by atoms with Crippen molar-refractivity contribution in [2.24, 2.45) is 0 Å². The van der Waals surface area contributed by atoms with Gasteiger partial charge in [-0.3, -0.25) is 4.98 Å². The highest BCUT2D eigenvalue weighted by atomic mass is 15.3. The number of anilines is 1. The van der Waals surface area contributed by atoms with Crippen LogP contribution in [0.15, 0.2) is 18.5 Å². The van der Waals surface area contributed by atoms with Crippen LogP contribution in [0.1, 0.15) is 25.8 Å². The molecule has 1 N–H and O–H groups in total. The van der Waals surface area contributed by atoms with Crippen molar-refractivity contribution in [3.8, 4) is 0 Å². The van der Waals surface area contributed by atoms with E-state index < -0.39 is 0 Å². The summed E-state index contributed by atoms with van der Waals surface area (Å²) in [5.41, 5.74) is 2.66. The fourth-order valence-corrected chi connectivity index (χ4v) is 2.53. The van der Waals surface area contributed by atoms with Crippen molar-refractivity contribution in [2.45, 2.75) is 32.9 Å². The summed E-state index contributed by atoms with van der Waals surface area (Å²) in [5.74, 6) is 0. The zero-order valence-electron chi connectivity index (χ0n) is 12.4. The Morgan fingerprint density at radius 1 is 1.42 bits per heavy atom. The van der Waals surface area contributed by atoms with E-state index in [4.69, 9.17) is 0 Å². The van der Waals surface area contributed by atoms with Crippen molar-refractivity contribution in [2.75, 3.05) is 38.1 Å². The van der Waals surface area contributed by atoms with Crippen molar-refractivity contribution in [3.63, 3.8) is 0 Å². The van der Waals surface area contributed by atoms with Crippen molar-refractivity contribution < 1.29 is 0 Å². The maximum Gasteiger partial charge on any atom is 0.0443 e. The third-order valence-corrected chi connectivity index (χ3v) is 3.92. The highest BCUT2D eigenvalue weighted by molar-refractivity contribution is 5.52. The average molecular weight is 262 g/mol. The number of nitrogens with one attached hydrogen (secondary N) is 1. The molecule has 106 valence electrons. The Morgan fingerprint density at radius 3 is 3.00 bits per heavy atom. The van der Waals surface area contributed by atoms with Gasteiger partial charge in [-0.2, -0.15) is 0 Å². The summed E-state index contributed by atoms with van der Waals surface area (Å²) in [7, 11) is 2.21. The molecule has 1 fully saturated rings. The number of rotatable bonds is 5. The van der Waals surface area contributed by atoms with Crippen molar-refractivity contribution >= 4 is 5.69 Å². The molecule has 19 heavy (non-hydrogen) atoms. The first-order chi connectivity index (χ1) is 9.22. The minimum Gasteiger partial charge on any atom is -0.368 e. The zero-order valence-corrected chi connectivity index (χ0v) is 12.4. The van der Waals surface area contributed by atoms with Crippen molar-refractivity contribution in [1.29, 1.82) is 0 Å². The third kappa shape index (κ3) is 3.67. The largest absolute Gasteiger partial charge is 0.368 e. The molecular weight excluding hydrogens is 236 g/mol. The van der Waals surface area contributed by atoms with Crippen LogP contribution in [0.25, 0.3) is 0 Å². The minimum absolute atomic E-state index is 0.610. The van der Waals surface area contributed by atoms with Crippen LogP contribution in [0.3, 0.4) is 0 Å². The van der Waals surface area contributed by atoms with Crippen LogP contribution < -0.4 is 10.2 Å². The van der Waals surface area contributed by atoms with E-state index in [-0.39, 0.29) is 0 Å². The van der Waals surface area contributed by atoms with E-state index in [0.717, 1.165) is 32.7 Å². The van der Waals surface area contributed by atoms with E-state index in [1.165, 1.54) is 17.7 Å². The molecule has 2 heterocycles. The lowest BCUT2D eigenvalue weighted by atomic mass is 10.1. The normalized spacial score (nSPS) is 20.8. The van der Waals surface area contributed by atoms with Gasteiger partial charge < -0.3 is 15.1 Å². The first kappa shape index (κ1) is 14.3. The Labute approximate surface area is 116 Å². The van der Waals surface area contributed by atoms with E-state index in [1.54, 1.807) is 0 Å². The Kier molecular flexibility index (Phi) is 5.16. The number of hydrogen-bond acceptors (Lipinski definition) is 4. The van der Waals surface area contributed by atoms with Gasteiger partial charge in [0.1, 0.15) is 0 Å². The SMILES string of the molecule is CCCNCc1cnccc1N1CCN(C)C(C)C1. The van der Waals surface area contributed by atoms with Crippen LogP contribution in [-0.2, 0) is 6.54 Å². The lowest BCUT2D eigenvalue weighted by Crippen LogP contribution is -2.50. The van der Waals surface area contributed by atoms with Gasteiger partial charge in [0.05, 0.1) is 0 Å². The standard InChI is InChI=1S/C15H26N4/c1-4-6-16-10-14-11-17-7-5-15(14)19-9-8-18(3)13(2)12-19/h5,7,11,13,16H,4,6,8-10,12H2,1-3H3. The maximum absolute atomic E-state index is 4.28. The van der Waals surface area contributed by atoms with Gasteiger partial charge in [0, 0.05) is 55.9 Å². The van der Waals surface area contributed by atoms with Gasteiger partial charge in [0.15, 0.2) is 0 Å². The number of hydrogen-bond donors (Lipinski definition) is 1. The number of aromatic nitrogens is 1.